The Morgan fingerprint density at radius 3 is 2.29 bits per heavy atom. The molecule has 7 aromatic heterocycles. The van der Waals surface area contributed by atoms with Gasteiger partial charge in [-0.05, 0) is 48.0 Å². The van der Waals surface area contributed by atoms with Gasteiger partial charge in [0.05, 0.1) is 62.3 Å². The van der Waals surface area contributed by atoms with E-state index in [1.54, 1.807) is 18.6 Å². The Morgan fingerprint density at radius 2 is 1.32 bits per heavy atom. The first-order chi connectivity index (χ1) is 34.2. The van der Waals surface area contributed by atoms with Crippen molar-refractivity contribution in [1.82, 2.24) is 55.1 Å². The molecule has 0 spiro atoms. The number of aromatic amines is 2. The van der Waals surface area contributed by atoms with Crippen molar-refractivity contribution in [3.05, 3.63) is 188 Å². The van der Waals surface area contributed by atoms with Crippen LogP contribution in [0.3, 0.4) is 0 Å². The van der Waals surface area contributed by atoms with E-state index in [2.05, 4.69) is 123 Å². The lowest BCUT2D eigenvalue weighted by atomic mass is 9.84. The average molecular weight is 885 g/mol. The Bertz CT molecular complexity index is 4470. The van der Waals surface area contributed by atoms with Gasteiger partial charge in [0.2, 0.25) is 0 Å². The maximum Gasteiger partial charge on any atom is 0.181 e. The van der Waals surface area contributed by atoms with E-state index < -0.39 is 0 Å². The standard InChI is InChI=1S/C57H32N12/c1-6-20-40-30(11-1)27-44(69-68-40)46-36(55-60-28-31-12-2-5-19-39(31)65-55)23-24-43-47(46)48-49(57-61-29-45-56(67-57)59-26-25-58-45)52(37-17-9-15-34-32-13-3-7-21-41(32)62-50(34)37)66-53(54(48)64-43)38-18-10-16-35-33-14-4-8-22-42(33)63-51(35)38/h1-29,34,63-64H. The highest BCUT2D eigenvalue weighted by atomic mass is 15.1. The fourth-order valence-corrected chi connectivity index (χ4v) is 10.5. The second-order valence-electron chi connectivity index (χ2n) is 17.4. The van der Waals surface area contributed by atoms with Crippen LogP contribution in [0.4, 0.5) is 5.69 Å². The van der Waals surface area contributed by atoms with Crippen molar-refractivity contribution in [1.29, 1.82) is 0 Å². The van der Waals surface area contributed by atoms with E-state index in [0.717, 1.165) is 110 Å². The number of hydrogen-bond acceptors (Lipinski definition) is 10. The number of allylic oxidation sites excluding steroid dienone is 4. The number of para-hydroxylation sites is 4. The molecule has 0 saturated carbocycles. The molecule has 1 atom stereocenters. The van der Waals surface area contributed by atoms with Crippen LogP contribution >= 0.6 is 0 Å². The van der Waals surface area contributed by atoms with Gasteiger partial charge in [-0.25, -0.2) is 34.9 Å². The summed E-state index contributed by atoms with van der Waals surface area (Å²) in [6.45, 7) is 0. The minimum absolute atomic E-state index is 0.0846. The summed E-state index contributed by atoms with van der Waals surface area (Å²) in [4.78, 5) is 48.7. The Labute approximate surface area is 391 Å². The van der Waals surface area contributed by atoms with Gasteiger partial charge < -0.3 is 9.97 Å². The largest absolute Gasteiger partial charge is 0.354 e. The number of nitrogens with one attached hydrogen (secondary N) is 2. The highest BCUT2D eigenvalue weighted by Crippen LogP contribution is 2.50. The number of nitrogens with zero attached hydrogens (tertiary/aromatic N) is 10. The Kier molecular flexibility index (Phi) is 7.84. The molecule has 15 rings (SSSR count). The molecule has 0 radical (unpaired) electrons. The first-order valence-electron chi connectivity index (χ1n) is 22.7. The van der Waals surface area contributed by atoms with Gasteiger partial charge in [0, 0.05) is 90.1 Å². The molecule has 12 nitrogen and oxygen atoms in total. The van der Waals surface area contributed by atoms with Crippen LogP contribution in [-0.4, -0.2) is 60.8 Å². The molecule has 8 heterocycles. The monoisotopic (exact) mass is 884 g/mol. The minimum Gasteiger partial charge on any atom is -0.354 e. The molecule has 13 aromatic rings. The van der Waals surface area contributed by atoms with Crippen molar-refractivity contribution in [3.8, 4) is 45.3 Å². The molecule has 0 fully saturated rings. The summed E-state index contributed by atoms with van der Waals surface area (Å²) < 4.78 is 0. The first kappa shape index (κ1) is 37.5. The molecular formula is C57H32N12. The predicted octanol–water partition coefficient (Wildman–Crippen LogP) is 12.5. The van der Waals surface area contributed by atoms with Crippen LogP contribution < -0.4 is 0 Å². The van der Waals surface area contributed by atoms with Crippen molar-refractivity contribution in [2.75, 3.05) is 0 Å². The zero-order valence-corrected chi connectivity index (χ0v) is 36.3. The lowest BCUT2D eigenvalue weighted by molar-refractivity contribution is 1.08. The van der Waals surface area contributed by atoms with Crippen LogP contribution in [0.15, 0.2) is 181 Å². The van der Waals surface area contributed by atoms with Gasteiger partial charge in [-0.3, -0.25) is 4.99 Å². The second kappa shape index (κ2) is 14.4. The maximum absolute atomic E-state index is 5.85. The number of fused-ring (bicyclic) bond motifs is 12. The van der Waals surface area contributed by atoms with E-state index in [0.29, 0.717) is 39.8 Å². The molecule has 0 bridgehead atoms. The van der Waals surface area contributed by atoms with Gasteiger partial charge in [-0.1, -0.05) is 109 Å². The molecule has 6 aromatic carbocycles. The molecule has 12 heteroatoms. The van der Waals surface area contributed by atoms with E-state index in [-0.39, 0.29) is 5.92 Å². The summed E-state index contributed by atoms with van der Waals surface area (Å²) in [6, 6.07) is 45.5. The maximum atomic E-state index is 5.85. The van der Waals surface area contributed by atoms with E-state index in [4.69, 9.17) is 40.1 Å². The molecule has 69 heavy (non-hydrogen) atoms. The van der Waals surface area contributed by atoms with Gasteiger partial charge in [-0.15, -0.1) is 10.2 Å². The fourth-order valence-electron chi connectivity index (χ4n) is 10.5. The zero-order valence-electron chi connectivity index (χ0n) is 36.3. The van der Waals surface area contributed by atoms with Crippen LogP contribution in [0.25, 0.3) is 127 Å². The van der Waals surface area contributed by atoms with Gasteiger partial charge in [0.15, 0.2) is 17.3 Å². The van der Waals surface area contributed by atoms with Crippen molar-refractivity contribution in [2.45, 2.75) is 5.92 Å². The third kappa shape index (κ3) is 5.63. The Balaban J connectivity index is 1.15. The molecule has 1 aliphatic heterocycles. The fraction of sp³-hybridized carbons (Fsp3) is 0.0175. The zero-order chi connectivity index (χ0) is 45.2. The van der Waals surface area contributed by atoms with Crippen LogP contribution in [0.2, 0.25) is 0 Å². The molecule has 1 unspecified atom stereocenters. The molecule has 320 valence electrons. The van der Waals surface area contributed by atoms with Gasteiger partial charge in [0.25, 0.3) is 0 Å². The van der Waals surface area contributed by atoms with Crippen LogP contribution in [0, 0.1) is 0 Å². The smallest absolute Gasteiger partial charge is 0.181 e. The third-order valence-electron chi connectivity index (χ3n) is 13.5. The summed E-state index contributed by atoms with van der Waals surface area (Å²) >= 11 is 0. The van der Waals surface area contributed by atoms with Crippen LogP contribution in [0.1, 0.15) is 17.2 Å². The molecule has 2 N–H and O–H groups in total. The number of hydrogen-bond donors (Lipinski definition) is 2. The van der Waals surface area contributed by atoms with Gasteiger partial charge in [-0.2, -0.15) is 0 Å². The van der Waals surface area contributed by atoms with Crippen molar-refractivity contribution in [2.24, 2.45) is 4.99 Å². The van der Waals surface area contributed by atoms with E-state index in [1.165, 1.54) is 0 Å². The van der Waals surface area contributed by atoms with Crippen molar-refractivity contribution in [3.63, 3.8) is 0 Å². The van der Waals surface area contributed by atoms with Gasteiger partial charge >= 0.3 is 0 Å². The number of aromatic nitrogens is 11. The van der Waals surface area contributed by atoms with E-state index >= 15 is 0 Å². The van der Waals surface area contributed by atoms with Gasteiger partial charge in [0.1, 0.15) is 5.52 Å². The average Bonchev–Trinajstić information content (AvgIpc) is 4.12. The van der Waals surface area contributed by atoms with Crippen LogP contribution in [0.5, 0.6) is 0 Å². The lowest BCUT2D eigenvalue weighted by Gasteiger charge is -2.21. The Hall–Kier alpha value is -9.68. The molecule has 1 aliphatic carbocycles. The minimum atomic E-state index is -0.0846. The van der Waals surface area contributed by atoms with E-state index in [9.17, 15) is 0 Å². The lowest BCUT2D eigenvalue weighted by Crippen LogP contribution is -2.14. The SMILES string of the molecule is C1=CC2C(=Nc3ccccc32)C(c2nc(-c3cccc4c3[nH]c3ccccc34)c3[nH]c4ccc(-c5ncc6ccccc6n5)c(-c5cc6ccccc6nn5)c4c3c2-c2ncc3nccnc3n2)=C1. The summed E-state index contributed by atoms with van der Waals surface area (Å²) in [5.74, 6) is 0.892. The van der Waals surface area contributed by atoms with E-state index in [1.807, 2.05) is 54.7 Å². The topological polar surface area (TPSA) is 160 Å². The van der Waals surface area contributed by atoms with Crippen molar-refractivity contribution < 1.29 is 0 Å². The third-order valence-corrected chi connectivity index (χ3v) is 13.5. The molecule has 2 aliphatic rings. The molecule has 0 amide bonds. The summed E-state index contributed by atoms with van der Waals surface area (Å²) in [5.41, 5.74) is 15.3. The Morgan fingerprint density at radius 1 is 0.507 bits per heavy atom. The van der Waals surface area contributed by atoms with Crippen molar-refractivity contribution >= 4 is 93.6 Å². The highest BCUT2D eigenvalue weighted by Gasteiger charge is 2.35. The molecular weight excluding hydrogens is 853 g/mol. The number of benzene rings is 6. The quantitative estimate of drug-likeness (QED) is 0.171. The highest BCUT2D eigenvalue weighted by molar-refractivity contribution is 6.34. The molecule has 0 saturated heterocycles. The number of pyridine rings is 1. The summed E-state index contributed by atoms with van der Waals surface area (Å²) in [7, 11) is 0. The summed E-state index contributed by atoms with van der Waals surface area (Å²) in [5, 5.41) is 15.6. The number of rotatable bonds is 5. The number of aliphatic imine (C=N–C) groups is 1. The first-order valence-corrected chi connectivity index (χ1v) is 22.7. The normalized spacial score (nSPS) is 14.3. The number of H-pyrrole nitrogens is 2. The second-order valence-corrected chi connectivity index (χ2v) is 17.4. The summed E-state index contributed by atoms with van der Waals surface area (Å²) in [6.07, 6.45) is 13.4. The predicted molar refractivity (Wildman–Crippen MR) is 273 cm³/mol. The van der Waals surface area contributed by atoms with Crippen LogP contribution in [-0.2, 0) is 0 Å².